The Kier molecular flexibility index (Phi) is 4.81. The van der Waals surface area contributed by atoms with Gasteiger partial charge in [-0.1, -0.05) is 12.1 Å². The number of terminal acetylenes is 1. The third kappa shape index (κ3) is 4.54. The molecule has 0 saturated heterocycles. The van der Waals surface area contributed by atoms with E-state index >= 15 is 0 Å². The molecule has 1 aromatic carbocycles. The largest absolute Gasteiger partial charge is 0.418 e. The summed E-state index contributed by atoms with van der Waals surface area (Å²) in [5, 5.41) is 4.62. The van der Waals surface area contributed by atoms with Crippen LogP contribution in [0.4, 0.5) is 23.7 Å². The molecular formula is C13H13F3N2O. The zero-order valence-electron chi connectivity index (χ0n) is 10.2. The summed E-state index contributed by atoms with van der Waals surface area (Å²) in [6.45, 7) is 1.66. The molecule has 0 aromatic heterocycles. The number of nitrogens with one attached hydrogen (secondary N) is 2. The summed E-state index contributed by atoms with van der Waals surface area (Å²) in [5.41, 5.74) is -1.19. The monoisotopic (exact) mass is 270 g/mol. The first-order chi connectivity index (χ1) is 8.84. The summed E-state index contributed by atoms with van der Waals surface area (Å²) in [6, 6.07) is 3.72. The van der Waals surface area contributed by atoms with Crippen molar-refractivity contribution >= 4 is 11.7 Å². The average molecular weight is 270 g/mol. The van der Waals surface area contributed by atoms with Crippen molar-refractivity contribution in [1.29, 1.82) is 0 Å². The van der Waals surface area contributed by atoms with Gasteiger partial charge < -0.3 is 10.6 Å². The molecule has 1 unspecified atom stereocenters. The molecule has 2 amide bonds. The van der Waals surface area contributed by atoms with Gasteiger partial charge in [-0.2, -0.15) is 13.2 Å². The fourth-order valence-electron chi connectivity index (χ4n) is 1.45. The number of carbonyl (C=O) groups is 1. The number of alkyl halides is 3. The smallest absolute Gasteiger partial charge is 0.334 e. The van der Waals surface area contributed by atoms with E-state index < -0.39 is 17.8 Å². The van der Waals surface area contributed by atoms with E-state index in [1.54, 1.807) is 6.92 Å². The average Bonchev–Trinajstić information content (AvgIpc) is 2.28. The Hall–Kier alpha value is -2.16. The number of amides is 2. The molecular weight excluding hydrogens is 257 g/mol. The number of rotatable bonds is 3. The van der Waals surface area contributed by atoms with Gasteiger partial charge in [0.25, 0.3) is 0 Å². The highest BCUT2D eigenvalue weighted by molar-refractivity contribution is 5.90. The van der Waals surface area contributed by atoms with Crippen LogP contribution in [-0.2, 0) is 6.18 Å². The van der Waals surface area contributed by atoms with Gasteiger partial charge in [0, 0.05) is 12.5 Å². The number of para-hydroxylation sites is 1. The summed E-state index contributed by atoms with van der Waals surface area (Å²) < 4.78 is 38.1. The number of anilines is 1. The Morgan fingerprint density at radius 1 is 1.42 bits per heavy atom. The van der Waals surface area contributed by atoms with E-state index in [1.165, 1.54) is 18.2 Å². The van der Waals surface area contributed by atoms with Gasteiger partial charge in [0.05, 0.1) is 11.3 Å². The van der Waals surface area contributed by atoms with Crippen LogP contribution in [0.5, 0.6) is 0 Å². The van der Waals surface area contributed by atoms with Crippen LogP contribution in [0, 0.1) is 12.3 Å². The minimum atomic E-state index is -4.52. The van der Waals surface area contributed by atoms with Crippen molar-refractivity contribution < 1.29 is 18.0 Å². The maximum atomic E-state index is 12.7. The highest BCUT2D eigenvalue weighted by Gasteiger charge is 2.33. The standard InChI is InChI=1S/C13H13F3N2O/c1-3-6-9(2)17-12(19)18-11-8-5-4-7-10(11)13(14,15)16/h1,4-5,7-9H,6H2,2H3,(H2,17,18,19). The lowest BCUT2D eigenvalue weighted by atomic mass is 10.1. The Bertz CT molecular complexity index is 491. The summed E-state index contributed by atoms with van der Waals surface area (Å²) in [7, 11) is 0. The van der Waals surface area contributed by atoms with Gasteiger partial charge in [-0.3, -0.25) is 0 Å². The van der Waals surface area contributed by atoms with E-state index in [-0.39, 0.29) is 11.7 Å². The molecule has 1 atom stereocenters. The van der Waals surface area contributed by atoms with Gasteiger partial charge in [-0.25, -0.2) is 4.79 Å². The van der Waals surface area contributed by atoms with Gasteiger partial charge in [0.15, 0.2) is 0 Å². The van der Waals surface area contributed by atoms with Crippen LogP contribution in [0.25, 0.3) is 0 Å². The fourth-order valence-corrected chi connectivity index (χ4v) is 1.45. The minimum Gasteiger partial charge on any atom is -0.334 e. The van der Waals surface area contributed by atoms with Crippen molar-refractivity contribution in [3.05, 3.63) is 29.8 Å². The number of halogens is 3. The van der Waals surface area contributed by atoms with E-state index in [1.807, 2.05) is 0 Å². The number of hydrogen-bond donors (Lipinski definition) is 2. The van der Waals surface area contributed by atoms with Gasteiger partial charge in [0.2, 0.25) is 0 Å². The van der Waals surface area contributed by atoms with Crippen LogP contribution in [0.15, 0.2) is 24.3 Å². The molecule has 0 bridgehead atoms. The summed E-state index contributed by atoms with van der Waals surface area (Å²) >= 11 is 0. The molecule has 0 aliphatic rings. The molecule has 102 valence electrons. The van der Waals surface area contributed by atoms with Crippen molar-refractivity contribution in [3.8, 4) is 12.3 Å². The van der Waals surface area contributed by atoms with Gasteiger partial charge in [-0.15, -0.1) is 12.3 Å². The lowest BCUT2D eigenvalue weighted by molar-refractivity contribution is -0.136. The molecule has 1 rings (SSSR count). The van der Waals surface area contributed by atoms with Crippen LogP contribution in [0.3, 0.4) is 0 Å². The second kappa shape index (κ2) is 6.14. The van der Waals surface area contributed by atoms with E-state index in [9.17, 15) is 18.0 Å². The quantitative estimate of drug-likeness (QED) is 0.813. The molecule has 6 heteroatoms. The first-order valence-electron chi connectivity index (χ1n) is 5.51. The zero-order chi connectivity index (χ0) is 14.5. The molecule has 1 aromatic rings. The molecule has 19 heavy (non-hydrogen) atoms. The molecule has 0 saturated carbocycles. The molecule has 0 heterocycles. The van der Waals surface area contributed by atoms with Crippen LogP contribution < -0.4 is 10.6 Å². The number of carbonyl (C=O) groups excluding carboxylic acids is 1. The third-order valence-corrected chi connectivity index (χ3v) is 2.28. The predicted molar refractivity (Wildman–Crippen MR) is 66.5 cm³/mol. The zero-order valence-corrected chi connectivity index (χ0v) is 10.2. The summed E-state index contributed by atoms with van der Waals surface area (Å²) in [4.78, 5) is 11.5. The van der Waals surface area contributed by atoms with E-state index in [0.29, 0.717) is 6.42 Å². The lowest BCUT2D eigenvalue weighted by Crippen LogP contribution is -2.36. The molecule has 0 fully saturated rings. The second-order valence-corrected chi connectivity index (χ2v) is 3.95. The van der Waals surface area contributed by atoms with Crippen LogP contribution in [0.1, 0.15) is 18.9 Å². The second-order valence-electron chi connectivity index (χ2n) is 3.95. The maximum Gasteiger partial charge on any atom is 0.418 e. The molecule has 3 nitrogen and oxygen atoms in total. The maximum absolute atomic E-state index is 12.7. The Labute approximate surface area is 109 Å². The van der Waals surface area contributed by atoms with Crippen molar-refractivity contribution in [3.63, 3.8) is 0 Å². The normalized spacial score (nSPS) is 12.4. The molecule has 2 N–H and O–H groups in total. The van der Waals surface area contributed by atoms with Crippen LogP contribution in [-0.4, -0.2) is 12.1 Å². The Morgan fingerprint density at radius 2 is 2.05 bits per heavy atom. The first-order valence-corrected chi connectivity index (χ1v) is 5.51. The summed E-state index contributed by atoms with van der Waals surface area (Å²) in [5.74, 6) is 2.35. The van der Waals surface area contributed by atoms with E-state index in [0.717, 1.165) is 6.07 Å². The third-order valence-electron chi connectivity index (χ3n) is 2.28. The topological polar surface area (TPSA) is 41.1 Å². The van der Waals surface area contributed by atoms with Crippen LogP contribution in [0.2, 0.25) is 0 Å². The number of benzene rings is 1. The molecule has 0 aliphatic heterocycles. The molecule has 0 radical (unpaired) electrons. The predicted octanol–water partition coefficient (Wildman–Crippen LogP) is 3.24. The fraction of sp³-hybridized carbons (Fsp3) is 0.308. The van der Waals surface area contributed by atoms with Gasteiger partial charge >= 0.3 is 12.2 Å². The van der Waals surface area contributed by atoms with Gasteiger partial charge in [0.1, 0.15) is 0 Å². The Morgan fingerprint density at radius 3 is 2.63 bits per heavy atom. The lowest BCUT2D eigenvalue weighted by Gasteiger charge is -2.15. The summed E-state index contributed by atoms with van der Waals surface area (Å²) in [6.07, 6.45) is 0.849. The van der Waals surface area contributed by atoms with E-state index in [2.05, 4.69) is 16.6 Å². The number of urea groups is 1. The van der Waals surface area contributed by atoms with Crippen molar-refractivity contribution in [2.45, 2.75) is 25.6 Å². The number of hydrogen-bond acceptors (Lipinski definition) is 1. The van der Waals surface area contributed by atoms with Crippen molar-refractivity contribution in [2.75, 3.05) is 5.32 Å². The first kappa shape index (κ1) is 14.9. The van der Waals surface area contributed by atoms with Crippen molar-refractivity contribution in [2.24, 2.45) is 0 Å². The highest BCUT2D eigenvalue weighted by Crippen LogP contribution is 2.34. The van der Waals surface area contributed by atoms with Crippen molar-refractivity contribution in [1.82, 2.24) is 5.32 Å². The molecule has 0 aliphatic carbocycles. The van der Waals surface area contributed by atoms with Gasteiger partial charge in [-0.05, 0) is 19.1 Å². The SMILES string of the molecule is C#CCC(C)NC(=O)Nc1ccccc1C(F)(F)F. The molecule has 0 spiro atoms. The van der Waals surface area contributed by atoms with E-state index in [4.69, 9.17) is 6.42 Å². The van der Waals surface area contributed by atoms with Crippen LogP contribution >= 0.6 is 0 Å². The highest BCUT2D eigenvalue weighted by atomic mass is 19.4. The Balaban J connectivity index is 2.78. The minimum absolute atomic E-state index is 0.291.